The van der Waals surface area contributed by atoms with Crippen molar-refractivity contribution in [2.24, 2.45) is 5.10 Å². The third-order valence-electron chi connectivity index (χ3n) is 4.89. The zero-order valence-corrected chi connectivity index (χ0v) is 16.0. The molecule has 0 saturated heterocycles. The van der Waals surface area contributed by atoms with E-state index in [1.54, 1.807) is 54.6 Å². The summed E-state index contributed by atoms with van der Waals surface area (Å²) in [4.78, 5) is 25.4. The molecule has 0 aliphatic carbocycles. The van der Waals surface area contributed by atoms with Gasteiger partial charge in [0.15, 0.2) is 0 Å². The van der Waals surface area contributed by atoms with Crippen LogP contribution in [0.2, 0.25) is 0 Å². The van der Waals surface area contributed by atoms with Crippen molar-refractivity contribution in [3.63, 3.8) is 0 Å². The maximum absolute atomic E-state index is 16.4. The first-order chi connectivity index (χ1) is 13.3. The van der Waals surface area contributed by atoms with Gasteiger partial charge in [0, 0.05) is 5.57 Å². The Morgan fingerprint density at radius 3 is 2.32 bits per heavy atom. The lowest BCUT2D eigenvalue weighted by Gasteiger charge is -2.30. The normalized spacial score (nSPS) is 19.9. The third kappa shape index (κ3) is 3.11. The van der Waals surface area contributed by atoms with Crippen LogP contribution in [0.5, 0.6) is 0 Å². The van der Waals surface area contributed by atoms with Crippen LogP contribution in [0.3, 0.4) is 0 Å². The van der Waals surface area contributed by atoms with E-state index in [1.165, 1.54) is 14.0 Å². The molecule has 1 aliphatic heterocycles. The van der Waals surface area contributed by atoms with Crippen molar-refractivity contribution >= 4 is 23.3 Å². The molecule has 0 saturated carbocycles. The average Bonchev–Trinajstić information content (AvgIpc) is 2.94. The molecule has 0 fully saturated rings. The number of hydrazone groups is 1. The average molecular weight is 380 g/mol. The highest BCUT2D eigenvalue weighted by molar-refractivity contribution is 6.23. The summed E-state index contributed by atoms with van der Waals surface area (Å²) in [6, 6.07) is 15.5. The van der Waals surface area contributed by atoms with Gasteiger partial charge < -0.3 is 4.74 Å². The van der Waals surface area contributed by atoms with Gasteiger partial charge in [0.1, 0.15) is 0 Å². The lowest BCUT2D eigenvalue weighted by atomic mass is 9.76. The van der Waals surface area contributed by atoms with E-state index in [0.29, 0.717) is 11.3 Å². The molecular formula is C22H21FN2O3. The molecule has 3 rings (SSSR count). The van der Waals surface area contributed by atoms with Gasteiger partial charge in [-0.25, -0.2) is 9.18 Å². The van der Waals surface area contributed by atoms with Crippen molar-refractivity contribution in [2.45, 2.75) is 25.4 Å². The maximum atomic E-state index is 16.4. The Kier molecular flexibility index (Phi) is 5.14. The topological polar surface area (TPSA) is 59.0 Å². The Bertz CT molecular complexity index is 954. The Hall–Kier alpha value is -3.28. The van der Waals surface area contributed by atoms with Crippen molar-refractivity contribution in [2.75, 3.05) is 12.1 Å². The van der Waals surface area contributed by atoms with Crippen LogP contribution >= 0.6 is 0 Å². The van der Waals surface area contributed by atoms with E-state index in [4.69, 9.17) is 4.74 Å². The number of hydrogen-bond acceptors (Lipinski definition) is 4. The van der Waals surface area contributed by atoms with E-state index in [0.717, 1.165) is 10.6 Å². The van der Waals surface area contributed by atoms with Gasteiger partial charge in [0.05, 0.1) is 24.4 Å². The highest BCUT2D eigenvalue weighted by Crippen LogP contribution is 2.44. The van der Waals surface area contributed by atoms with E-state index >= 15 is 4.39 Å². The van der Waals surface area contributed by atoms with Crippen LogP contribution < -0.4 is 5.01 Å². The van der Waals surface area contributed by atoms with Crippen molar-refractivity contribution < 1.29 is 18.7 Å². The van der Waals surface area contributed by atoms with E-state index < -0.39 is 23.5 Å². The van der Waals surface area contributed by atoms with Gasteiger partial charge in [-0.1, -0.05) is 54.6 Å². The second-order valence-corrected chi connectivity index (χ2v) is 6.71. The number of rotatable bonds is 5. The van der Waals surface area contributed by atoms with Crippen LogP contribution in [0.1, 0.15) is 24.0 Å². The summed E-state index contributed by atoms with van der Waals surface area (Å²) in [6.07, 6.45) is 0. The van der Waals surface area contributed by atoms with Gasteiger partial charge in [0.2, 0.25) is 5.67 Å². The number of esters is 1. The van der Waals surface area contributed by atoms with Gasteiger partial charge in [-0.05, 0) is 31.5 Å². The third-order valence-corrected chi connectivity index (χ3v) is 4.89. The lowest BCUT2D eigenvalue weighted by molar-refractivity contribution is -0.137. The fourth-order valence-electron chi connectivity index (χ4n) is 3.33. The number of anilines is 1. The first-order valence-electron chi connectivity index (χ1n) is 8.78. The number of alkyl halides is 1. The van der Waals surface area contributed by atoms with Crippen LogP contribution in [0.25, 0.3) is 0 Å². The first kappa shape index (κ1) is 19.5. The molecular weight excluding hydrogens is 359 g/mol. The fraction of sp³-hybridized carbons (Fsp3) is 0.227. The SMILES string of the molecule is C=C(C(=O)OC)C(c1ccc(C)cc1)C1(F)C(=O)N(c2ccccc2)N=C1C. The number of methoxy groups -OCH3 is 1. The molecule has 0 radical (unpaired) electrons. The van der Waals surface area contributed by atoms with Crippen molar-refractivity contribution in [3.05, 3.63) is 77.9 Å². The predicted octanol–water partition coefficient (Wildman–Crippen LogP) is 3.94. The van der Waals surface area contributed by atoms with Crippen LogP contribution in [0.4, 0.5) is 10.1 Å². The maximum Gasteiger partial charge on any atom is 0.333 e. The number of hydrogen-bond donors (Lipinski definition) is 0. The second kappa shape index (κ2) is 7.38. The number of carbonyl (C=O) groups is 2. The zero-order valence-electron chi connectivity index (χ0n) is 16.0. The Morgan fingerprint density at radius 2 is 1.75 bits per heavy atom. The summed E-state index contributed by atoms with van der Waals surface area (Å²) in [6.45, 7) is 7.07. The van der Waals surface area contributed by atoms with Crippen molar-refractivity contribution in [1.29, 1.82) is 0 Å². The van der Waals surface area contributed by atoms with Crippen molar-refractivity contribution in [3.8, 4) is 0 Å². The fourth-order valence-corrected chi connectivity index (χ4v) is 3.33. The van der Waals surface area contributed by atoms with Gasteiger partial charge in [0.25, 0.3) is 5.91 Å². The monoisotopic (exact) mass is 380 g/mol. The Morgan fingerprint density at radius 1 is 1.14 bits per heavy atom. The largest absolute Gasteiger partial charge is 0.466 e. The number of benzene rings is 2. The zero-order chi connectivity index (χ0) is 20.5. The van der Waals surface area contributed by atoms with Gasteiger partial charge in [-0.3, -0.25) is 4.79 Å². The summed E-state index contributed by atoms with van der Waals surface area (Å²) < 4.78 is 21.2. The molecule has 144 valence electrons. The Labute approximate surface area is 163 Å². The number of carbonyl (C=O) groups excluding carboxylic acids is 2. The predicted molar refractivity (Wildman–Crippen MR) is 106 cm³/mol. The van der Waals surface area contributed by atoms with Crippen LogP contribution in [-0.4, -0.2) is 30.4 Å². The highest BCUT2D eigenvalue weighted by atomic mass is 19.1. The number of halogens is 1. The molecule has 0 spiro atoms. The van der Waals surface area contributed by atoms with Gasteiger partial charge in [-0.15, -0.1) is 0 Å². The molecule has 1 heterocycles. The molecule has 6 heteroatoms. The molecule has 2 aromatic carbocycles. The summed E-state index contributed by atoms with van der Waals surface area (Å²) in [5.74, 6) is -2.90. The van der Waals surface area contributed by atoms with Crippen LogP contribution in [0.15, 0.2) is 71.9 Å². The standard InChI is InChI=1S/C22H21FN2O3/c1-14-10-12-17(13-11-14)19(15(2)20(26)28-4)22(23)16(3)24-25(21(22)27)18-8-6-5-7-9-18/h5-13,19H,2H2,1,3-4H3. The van der Waals surface area contributed by atoms with E-state index in [1.807, 2.05) is 6.92 Å². The highest BCUT2D eigenvalue weighted by Gasteiger charge is 2.58. The number of para-hydroxylation sites is 1. The summed E-state index contributed by atoms with van der Waals surface area (Å²) in [5, 5.41) is 5.19. The van der Waals surface area contributed by atoms with Gasteiger partial charge in [-0.2, -0.15) is 10.1 Å². The molecule has 0 aromatic heterocycles. The number of nitrogens with zero attached hydrogens (tertiary/aromatic N) is 2. The summed E-state index contributed by atoms with van der Waals surface area (Å²) >= 11 is 0. The second-order valence-electron chi connectivity index (χ2n) is 6.71. The van der Waals surface area contributed by atoms with E-state index in [9.17, 15) is 9.59 Å². The molecule has 1 aliphatic rings. The number of aryl methyl sites for hydroxylation is 1. The van der Waals surface area contributed by atoms with Crippen LogP contribution in [0, 0.1) is 6.92 Å². The molecule has 2 unspecified atom stereocenters. The van der Waals surface area contributed by atoms with Crippen molar-refractivity contribution in [1.82, 2.24) is 0 Å². The summed E-state index contributed by atoms with van der Waals surface area (Å²) in [5.41, 5.74) is -0.896. The molecule has 2 atom stereocenters. The summed E-state index contributed by atoms with van der Waals surface area (Å²) in [7, 11) is 1.19. The number of ether oxygens (including phenoxy) is 1. The number of amides is 1. The van der Waals surface area contributed by atoms with E-state index in [2.05, 4.69) is 11.7 Å². The van der Waals surface area contributed by atoms with Gasteiger partial charge >= 0.3 is 5.97 Å². The minimum atomic E-state index is -2.56. The molecule has 0 bridgehead atoms. The molecule has 0 N–H and O–H groups in total. The molecule has 28 heavy (non-hydrogen) atoms. The molecule has 5 nitrogen and oxygen atoms in total. The van der Waals surface area contributed by atoms with E-state index in [-0.39, 0.29) is 11.3 Å². The first-order valence-corrected chi connectivity index (χ1v) is 8.78. The smallest absolute Gasteiger partial charge is 0.333 e. The Balaban J connectivity index is 2.12. The molecule has 2 aromatic rings. The minimum absolute atomic E-state index is 0.0445. The quantitative estimate of drug-likeness (QED) is 0.583. The van der Waals surface area contributed by atoms with Crippen LogP contribution in [-0.2, 0) is 14.3 Å². The lowest BCUT2D eigenvalue weighted by Crippen LogP contribution is -2.48. The molecule has 1 amide bonds. The minimum Gasteiger partial charge on any atom is -0.466 e.